The molecule has 96 valence electrons. The van der Waals surface area contributed by atoms with Crippen LogP contribution in [0.15, 0.2) is 48.5 Å². The normalized spacial score (nSPS) is 9.89. The molecule has 0 aliphatic heterocycles. The first-order chi connectivity index (χ1) is 9.09. The molecule has 1 amide bonds. The van der Waals surface area contributed by atoms with Gasteiger partial charge in [-0.15, -0.1) is 0 Å². The summed E-state index contributed by atoms with van der Waals surface area (Å²) in [6, 6.07) is 13.1. The minimum Gasteiger partial charge on any atom is -0.478 e. The lowest BCUT2D eigenvalue weighted by Gasteiger charge is -2.10. The van der Waals surface area contributed by atoms with Crippen molar-refractivity contribution in [1.29, 1.82) is 0 Å². The van der Waals surface area contributed by atoms with Gasteiger partial charge in [-0.3, -0.25) is 4.79 Å². The summed E-state index contributed by atoms with van der Waals surface area (Å²) in [6.07, 6.45) is 0. The van der Waals surface area contributed by atoms with E-state index in [0.29, 0.717) is 5.56 Å². The molecule has 0 unspecified atom stereocenters. The van der Waals surface area contributed by atoms with Crippen LogP contribution in [0, 0.1) is 0 Å². The first-order valence-electron chi connectivity index (χ1n) is 5.58. The Bertz CT molecular complexity index is 624. The zero-order valence-corrected chi connectivity index (χ0v) is 9.96. The zero-order chi connectivity index (χ0) is 13.8. The van der Waals surface area contributed by atoms with Crippen molar-refractivity contribution in [3.05, 3.63) is 59.7 Å². The molecular weight excluding hydrogens is 244 g/mol. The second-order valence-electron chi connectivity index (χ2n) is 3.90. The Hall–Kier alpha value is -2.82. The van der Waals surface area contributed by atoms with E-state index in [2.05, 4.69) is 5.32 Å². The van der Waals surface area contributed by atoms with Gasteiger partial charge in [0.2, 0.25) is 0 Å². The van der Waals surface area contributed by atoms with Gasteiger partial charge in [0.05, 0.1) is 5.69 Å². The van der Waals surface area contributed by atoms with Crippen LogP contribution in [0.3, 0.4) is 0 Å². The van der Waals surface area contributed by atoms with Crippen molar-refractivity contribution in [2.24, 2.45) is 0 Å². The van der Waals surface area contributed by atoms with Gasteiger partial charge in [-0.25, -0.2) is 4.79 Å². The molecule has 4 N–H and O–H groups in total. The Morgan fingerprint density at radius 3 is 2.32 bits per heavy atom. The highest BCUT2D eigenvalue weighted by Crippen LogP contribution is 2.22. The first kappa shape index (κ1) is 12.6. The highest BCUT2D eigenvalue weighted by molar-refractivity contribution is 6.09. The number of nitrogen functional groups attached to an aromatic ring is 1. The fourth-order valence-corrected chi connectivity index (χ4v) is 1.70. The van der Waals surface area contributed by atoms with Gasteiger partial charge in [0.15, 0.2) is 0 Å². The van der Waals surface area contributed by atoms with Crippen LogP contribution in [0.5, 0.6) is 0 Å². The fourth-order valence-electron chi connectivity index (χ4n) is 1.70. The van der Waals surface area contributed by atoms with Crippen LogP contribution in [0.2, 0.25) is 0 Å². The molecule has 0 saturated heterocycles. The molecule has 0 aliphatic carbocycles. The topological polar surface area (TPSA) is 92.4 Å². The van der Waals surface area contributed by atoms with Crippen LogP contribution in [0.25, 0.3) is 0 Å². The van der Waals surface area contributed by atoms with Gasteiger partial charge in [-0.05, 0) is 24.3 Å². The van der Waals surface area contributed by atoms with Crippen LogP contribution >= 0.6 is 0 Å². The predicted molar refractivity (Wildman–Crippen MR) is 72.2 cm³/mol. The Labute approximate surface area is 109 Å². The molecule has 0 aliphatic rings. The number of benzene rings is 2. The second kappa shape index (κ2) is 5.22. The molecule has 2 rings (SSSR count). The van der Waals surface area contributed by atoms with E-state index in [9.17, 15) is 9.59 Å². The molecule has 0 fully saturated rings. The SMILES string of the molecule is Nc1cccc(NC(=O)c2ccccc2)c1C(=O)O. The van der Waals surface area contributed by atoms with Gasteiger partial charge in [-0.2, -0.15) is 0 Å². The summed E-state index contributed by atoms with van der Waals surface area (Å²) in [5.41, 5.74) is 6.24. The quantitative estimate of drug-likeness (QED) is 0.734. The molecule has 5 nitrogen and oxygen atoms in total. The molecule has 19 heavy (non-hydrogen) atoms. The van der Waals surface area contributed by atoms with Crippen molar-refractivity contribution in [3.8, 4) is 0 Å². The van der Waals surface area contributed by atoms with Crippen molar-refractivity contribution in [3.63, 3.8) is 0 Å². The third-order valence-corrected chi connectivity index (χ3v) is 2.59. The highest BCUT2D eigenvalue weighted by Gasteiger charge is 2.16. The fraction of sp³-hybridized carbons (Fsp3) is 0. The summed E-state index contributed by atoms with van der Waals surface area (Å²) in [5, 5.41) is 11.6. The molecule has 0 radical (unpaired) electrons. The summed E-state index contributed by atoms with van der Waals surface area (Å²) < 4.78 is 0. The lowest BCUT2D eigenvalue weighted by Crippen LogP contribution is -2.15. The smallest absolute Gasteiger partial charge is 0.339 e. The van der Waals surface area contributed by atoms with Crippen molar-refractivity contribution in [2.75, 3.05) is 11.1 Å². The summed E-state index contributed by atoms with van der Waals surface area (Å²) in [4.78, 5) is 23.1. The van der Waals surface area contributed by atoms with Crippen LogP contribution < -0.4 is 11.1 Å². The van der Waals surface area contributed by atoms with E-state index in [-0.39, 0.29) is 22.8 Å². The van der Waals surface area contributed by atoms with E-state index in [1.807, 2.05) is 0 Å². The maximum atomic E-state index is 12.0. The van der Waals surface area contributed by atoms with Crippen LogP contribution in [0.4, 0.5) is 11.4 Å². The number of amides is 1. The largest absolute Gasteiger partial charge is 0.478 e. The average molecular weight is 256 g/mol. The summed E-state index contributed by atoms with van der Waals surface area (Å²) >= 11 is 0. The van der Waals surface area contributed by atoms with Crippen LogP contribution in [-0.4, -0.2) is 17.0 Å². The molecule has 0 bridgehead atoms. The van der Waals surface area contributed by atoms with Gasteiger partial charge < -0.3 is 16.2 Å². The molecule has 0 heterocycles. The molecule has 0 spiro atoms. The molecule has 2 aromatic rings. The Morgan fingerprint density at radius 2 is 1.68 bits per heavy atom. The average Bonchev–Trinajstić information content (AvgIpc) is 2.39. The van der Waals surface area contributed by atoms with Crippen LogP contribution in [0.1, 0.15) is 20.7 Å². The van der Waals surface area contributed by atoms with Crippen molar-refractivity contribution in [2.45, 2.75) is 0 Å². The number of nitrogens with one attached hydrogen (secondary N) is 1. The minimum atomic E-state index is -1.18. The Kier molecular flexibility index (Phi) is 3.47. The molecule has 0 aromatic heterocycles. The number of carbonyl (C=O) groups excluding carboxylic acids is 1. The number of carbonyl (C=O) groups is 2. The lowest BCUT2D eigenvalue weighted by atomic mass is 10.1. The van der Waals surface area contributed by atoms with Crippen LogP contribution in [-0.2, 0) is 0 Å². The Balaban J connectivity index is 2.32. The molecule has 0 atom stereocenters. The molecule has 2 aromatic carbocycles. The Morgan fingerprint density at radius 1 is 1.00 bits per heavy atom. The van der Waals surface area contributed by atoms with E-state index in [0.717, 1.165) is 0 Å². The van der Waals surface area contributed by atoms with Gasteiger partial charge >= 0.3 is 5.97 Å². The van der Waals surface area contributed by atoms with Crippen molar-refractivity contribution in [1.82, 2.24) is 0 Å². The number of carboxylic acids is 1. The molecule has 0 saturated carbocycles. The summed E-state index contributed by atoms with van der Waals surface area (Å²) in [5.74, 6) is -1.56. The maximum Gasteiger partial charge on any atom is 0.339 e. The second-order valence-corrected chi connectivity index (χ2v) is 3.90. The third-order valence-electron chi connectivity index (χ3n) is 2.59. The number of carboxylic acid groups (broad SMARTS) is 1. The van der Waals surface area contributed by atoms with E-state index >= 15 is 0 Å². The van der Waals surface area contributed by atoms with Gasteiger partial charge in [0.25, 0.3) is 5.91 Å². The van der Waals surface area contributed by atoms with Gasteiger partial charge in [0.1, 0.15) is 5.56 Å². The highest BCUT2D eigenvalue weighted by atomic mass is 16.4. The van der Waals surface area contributed by atoms with Crippen molar-refractivity contribution >= 4 is 23.3 Å². The van der Waals surface area contributed by atoms with Gasteiger partial charge in [-0.1, -0.05) is 24.3 Å². The zero-order valence-electron chi connectivity index (χ0n) is 9.96. The van der Waals surface area contributed by atoms with E-state index < -0.39 is 5.97 Å². The third kappa shape index (κ3) is 2.71. The van der Waals surface area contributed by atoms with Gasteiger partial charge in [0, 0.05) is 11.3 Å². The minimum absolute atomic E-state index is 0.105. The maximum absolute atomic E-state index is 12.0. The number of aromatic carboxylic acids is 1. The number of nitrogens with two attached hydrogens (primary N) is 1. The van der Waals surface area contributed by atoms with Crippen molar-refractivity contribution < 1.29 is 14.7 Å². The monoisotopic (exact) mass is 256 g/mol. The number of rotatable bonds is 3. The number of hydrogen-bond donors (Lipinski definition) is 3. The van der Waals surface area contributed by atoms with E-state index in [4.69, 9.17) is 10.8 Å². The molecular formula is C14H12N2O3. The number of hydrogen-bond acceptors (Lipinski definition) is 3. The summed E-state index contributed by atoms with van der Waals surface area (Å²) in [7, 11) is 0. The number of anilines is 2. The lowest BCUT2D eigenvalue weighted by molar-refractivity contribution is 0.0699. The summed E-state index contributed by atoms with van der Waals surface area (Å²) in [6.45, 7) is 0. The van der Waals surface area contributed by atoms with E-state index in [1.165, 1.54) is 12.1 Å². The standard InChI is InChI=1S/C14H12N2O3/c15-10-7-4-8-11(12(10)14(18)19)16-13(17)9-5-2-1-3-6-9/h1-8H,15H2,(H,16,17)(H,18,19). The van der Waals surface area contributed by atoms with E-state index in [1.54, 1.807) is 36.4 Å². The predicted octanol–water partition coefficient (Wildman–Crippen LogP) is 2.22. The first-order valence-corrected chi connectivity index (χ1v) is 5.58. The molecule has 5 heteroatoms.